The molecule has 3 fully saturated rings. The van der Waals surface area contributed by atoms with E-state index in [-0.39, 0.29) is 23.9 Å². The zero-order chi connectivity index (χ0) is 21.6. The fraction of sp³-hybridized carbons (Fsp3) is 0.542. The van der Waals surface area contributed by atoms with Gasteiger partial charge in [-0.25, -0.2) is 0 Å². The van der Waals surface area contributed by atoms with Crippen molar-refractivity contribution in [3.63, 3.8) is 0 Å². The van der Waals surface area contributed by atoms with Gasteiger partial charge in [0, 0.05) is 44.7 Å². The van der Waals surface area contributed by atoms with Crippen molar-refractivity contribution >= 4 is 23.5 Å². The fourth-order valence-corrected chi connectivity index (χ4v) is 4.17. The number of fused-ring (bicyclic) bond motifs is 2. The van der Waals surface area contributed by atoms with Crippen molar-refractivity contribution in [3.05, 3.63) is 42.0 Å². The van der Waals surface area contributed by atoms with E-state index in [9.17, 15) is 14.4 Å². The molecule has 5 heteroatoms. The lowest BCUT2D eigenvalue weighted by Gasteiger charge is -2.34. The minimum absolute atomic E-state index is 0.00958. The van der Waals surface area contributed by atoms with Crippen molar-refractivity contribution < 1.29 is 14.4 Å². The maximum Gasteiger partial charge on any atom is 0.172 e. The molecule has 0 amide bonds. The molecule has 2 atom stereocenters. The number of anilines is 1. The third-order valence-electron chi connectivity index (χ3n) is 5.96. The molecule has 2 saturated carbocycles. The van der Waals surface area contributed by atoms with Crippen LogP contribution in [0.4, 0.5) is 5.69 Å². The average Bonchev–Trinajstić information content (AvgIpc) is 2.92. The number of piperazine rings is 1. The van der Waals surface area contributed by atoms with Crippen LogP contribution in [0.25, 0.3) is 0 Å². The van der Waals surface area contributed by atoms with Gasteiger partial charge in [-0.05, 0) is 44.0 Å². The van der Waals surface area contributed by atoms with Crippen LogP contribution in [-0.4, -0.2) is 56.0 Å². The van der Waals surface area contributed by atoms with E-state index in [1.165, 1.54) is 24.3 Å². The number of ketones is 2. The van der Waals surface area contributed by atoms with Crippen LogP contribution in [0.15, 0.2) is 36.4 Å². The lowest BCUT2D eigenvalue weighted by atomic mass is 9.76. The Hall–Kier alpha value is -2.27. The van der Waals surface area contributed by atoms with Crippen molar-refractivity contribution in [2.75, 3.05) is 38.1 Å². The van der Waals surface area contributed by atoms with E-state index in [2.05, 4.69) is 54.6 Å². The number of aldehydes is 1. The molecule has 1 aromatic carbocycles. The Morgan fingerprint density at radius 2 is 1.66 bits per heavy atom. The quantitative estimate of drug-likeness (QED) is 0.434. The van der Waals surface area contributed by atoms with E-state index in [4.69, 9.17) is 0 Å². The summed E-state index contributed by atoms with van der Waals surface area (Å²) >= 11 is 0. The molecule has 1 aliphatic heterocycles. The van der Waals surface area contributed by atoms with Crippen molar-refractivity contribution in [3.8, 4) is 0 Å². The topological polar surface area (TPSA) is 57.7 Å². The standard InChI is InChI=1S/C12H18N2.C10H10O3.C2H6/c1-11-3-5-12(6-4-11)14-9-7-13(2)8-10-14;1-6-7-2-8(12)4-10(3-7,5-11)9(6)13;1-2/h3-6H,7-10H2,1-2H3;5,7H,1-4H2;1-2H3. The predicted molar refractivity (Wildman–Crippen MR) is 117 cm³/mol. The summed E-state index contributed by atoms with van der Waals surface area (Å²) in [6.07, 6.45) is 1.61. The van der Waals surface area contributed by atoms with Crippen LogP contribution in [0.2, 0.25) is 0 Å². The third kappa shape index (κ3) is 5.21. The predicted octanol–water partition coefficient (Wildman–Crippen LogP) is 3.45. The van der Waals surface area contributed by atoms with Crippen LogP contribution >= 0.6 is 0 Å². The highest BCUT2D eigenvalue weighted by Crippen LogP contribution is 2.48. The molecule has 0 aromatic heterocycles. The Kier molecular flexibility index (Phi) is 7.91. The average molecular weight is 399 g/mol. The second-order valence-corrected chi connectivity index (χ2v) is 8.07. The third-order valence-corrected chi connectivity index (χ3v) is 5.96. The molecule has 1 heterocycles. The zero-order valence-electron chi connectivity index (χ0n) is 18.2. The lowest BCUT2D eigenvalue weighted by molar-refractivity contribution is -0.137. The summed E-state index contributed by atoms with van der Waals surface area (Å²) in [7, 11) is 2.19. The second-order valence-electron chi connectivity index (χ2n) is 8.07. The summed E-state index contributed by atoms with van der Waals surface area (Å²) in [6, 6.07) is 8.82. The van der Waals surface area contributed by atoms with Crippen LogP contribution in [0.1, 0.15) is 38.7 Å². The first kappa shape index (κ1) is 23.0. The number of Topliss-reactive ketones (excluding diaryl/α,β-unsaturated/α-hetero) is 2. The van der Waals surface area contributed by atoms with Gasteiger partial charge in [0.05, 0.1) is 5.41 Å². The Bertz CT molecular complexity index is 748. The minimum Gasteiger partial charge on any atom is -0.369 e. The van der Waals surface area contributed by atoms with Gasteiger partial charge in [0.2, 0.25) is 0 Å². The fourth-order valence-electron chi connectivity index (χ4n) is 4.17. The maximum atomic E-state index is 11.6. The monoisotopic (exact) mass is 398 g/mol. The van der Waals surface area contributed by atoms with Gasteiger partial charge in [0.15, 0.2) is 5.78 Å². The molecule has 5 nitrogen and oxygen atoms in total. The first-order chi connectivity index (χ1) is 13.8. The number of carbonyl (C=O) groups is 3. The molecule has 3 aliphatic rings. The zero-order valence-corrected chi connectivity index (χ0v) is 18.2. The van der Waals surface area contributed by atoms with Crippen LogP contribution in [0.3, 0.4) is 0 Å². The Morgan fingerprint density at radius 1 is 1.07 bits per heavy atom. The summed E-state index contributed by atoms with van der Waals surface area (Å²) in [5, 5.41) is 0. The highest BCUT2D eigenvalue weighted by Gasteiger charge is 2.53. The van der Waals surface area contributed by atoms with Crippen LogP contribution < -0.4 is 4.90 Å². The minimum atomic E-state index is -1.03. The maximum absolute atomic E-state index is 11.6. The van der Waals surface area contributed by atoms with E-state index < -0.39 is 5.41 Å². The smallest absolute Gasteiger partial charge is 0.172 e. The van der Waals surface area contributed by atoms with Crippen molar-refractivity contribution in [1.29, 1.82) is 0 Å². The van der Waals surface area contributed by atoms with E-state index in [0.717, 1.165) is 13.1 Å². The summed E-state index contributed by atoms with van der Waals surface area (Å²) in [5.74, 6) is -0.271. The number of allylic oxidation sites excluding steroid dienone is 1. The number of aryl methyl sites for hydroxylation is 1. The van der Waals surface area contributed by atoms with Crippen molar-refractivity contribution in [1.82, 2.24) is 4.90 Å². The van der Waals surface area contributed by atoms with Crippen LogP contribution in [0.5, 0.6) is 0 Å². The Morgan fingerprint density at radius 3 is 2.21 bits per heavy atom. The highest BCUT2D eigenvalue weighted by atomic mass is 16.2. The molecule has 2 bridgehead atoms. The molecule has 2 unspecified atom stereocenters. The molecule has 4 rings (SSSR count). The normalized spacial score (nSPS) is 26.3. The van der Waals surface area contributed by atoms with Crippen LogP contribution in [-0.2, 0) is 14.4 Å². The molecule has 0 spiro atoms. The van der Waals surface area contributed by atoms with Crippen LogP contribution in [0, 0.1) is 18.3 Å². The Balaban J connectivity index is 0.000000191. The number of benzene rings is 1. The van der Waals surface area contributed by atoms with Gasteiger partial charge >= 0.3 is 0 Å². The molecule has 0 N–H and O–H groups in total. The molecule has 29 heavy (non-hydrogen) atoms. The first-order valence-corrected chi connectivity index (χ1v) is 10.6. The molecule has 0 radical (unpaired) electrons. The summed E-state index contributed by atoms with van der Waals surface area (Å²) in [4.78, 5) is 38.5. The highest BCUT2D eigenvalue weighted by molar-refractivity contribution is 6.14. The van der Waals surface area contributed by atoms with Gasteiger partial charge in [-0.3, -0.25) is 9.59 Å². The number of hydrogen-bond donors (Lipinski definition) is 0. The molecule has 2 aliphatic carbocycles. The number of hydrogen-bond acceptors (Lipinski definition) is 5. The van der Waals surface area contributed by atoms with Gasteiger partial charge in [-0.15, -0.1) is 0 Å². The molecular weight excluding hydrogens is 364 g/mol. The number of likely N-dealkylation sites (N-methyl/N-ethyl adjacent to an activating group) is 1. The number of carbonyl (C=O) groups excluding carboxylic acids is 3. The van der Waals surface area contributed by atoms with Gasteiger partial charge in [-0.2, -0.15) is 0 Å². The molecule has 158 valence electrons. The second kappa shape index (κ2) is 9.97. The van der Waals surface area contributed by atoms with E-state index >= 15 is 0 Å². The summed E-state index contributed by atoms with van der Waals surface area (Å²) < 4.78 is 0. The van der Waals surface area contributed by atoms with Crippen molar-refractivity contribution in [2.45, 2.75) is 40.0 Å². The van der Waals surface area contributed by atoms with E-state index in [1.807, 2.05) is 13.8 Å². The number of nitrogens with zero attached hydrogens (tertiary/aromatic N) is 2. The van der Waals surface area contributed by atoms with Gasteiger partial charge in [-0.1, -0.05) is 38.1 Å². The molecule has 1 aromatic rings. The first-order valence-electron chi connectivity index (χ1n) is 10.6. The Labute approximate surface area is 174 Å². The van der Waals surface area contributed by atoms with Crippen molar-refractivity contribution in [2.24, 2.45) is 11.3 Å². The van der Waals surface area contributed by atoms with Gasteiger partial charge in [0.1, 0.15) is 12.1 Å². The van der Waals surface area contributed by atoms with E-state index in [0.29, 0.717) is 24.7 Å². The lowest BCUT2D eigenvalue weighted by Crippen LogP contribution is -2.44. The van der Waals surface area contributed by atoms with Gasteiger partial charge in [0.25, 0.3) is 0 Å². The SMILES string of the molecule is C=C1C(=O)C2(C=O)CC(=O)CC1C2.CC.Cc1ccc(N2CCN(C)CC2)cc1. The largest absolute Gasteiger partial charge is 0.369 e. The van der Waals surface area contributed by atoms with Gasteiger partial charge < -0.3 is 14.6 Å². The molecule has 1 saturated heterocycles. The summed E-state index contributed by atoms with van der Waals surface area (Å²) in [6.45, 7) is 14.4. The molecular formula is C24H34N2O3. The number of rotatable bonds is 2. The van der Waals surface area contributed by atoms with E-state index in [1.54, 1.807) is 0 Å². The summed E-state index contributed by atoms with van der Waals surface area (Å²) in [5.41, 5.74) is 2.14.